The molecule has 146 valence electrons. The summed E-state index contributed by atoms with van der Waals surface area (Å²) in [6.07, 6.45) is 0. The van der Waals surface area contributed by atoms with E-state index in [0.29, 0.717) is 28.7 Å². The number of benzene rings is 2. The highest BCUT2D eigenvalue weighted by Gasteiger charge is 2.16. The van der Waals surface area contributed by atoms with Gasteiger partial charge in [0.05, 0.1) is 28.8 Å². The van der Waals surface area contributed by atoms with Gasteiger partial charge >= 0.3 is 0 Å². The molecule has 0 saturated carbocycles. The van der Waals surface area contributed by atoms with Gasteiger partial charge in [0.2, 0.25) is 11.8 Å². The Labute approximate surface area is 178 Å². The Morgan fingerprint density at radius 2 is 1.57 bits per heavy atom. The van der Waals surface area contributed by atoms with Crippen molar-refractivity contribution in [3.63, 3.8) is 0 Å². The summed E-state index contributed by atoms with van der Waals surface area (Å²) in [4.78, 5) is 9.26. The fourth-order valence-electron chi connectivity index (χ4n) is 3.16. The second kappa shape index (κ2) is 7.82. The molecule has 2 heterocycles. The van der Waals surface area contributed by atoms with Crippen molar-refractivity contribution in [2.75, 3.05) is 5.32 Å². The van der Waals surface area contributed by atoms with Crippen molar-refractivity contribution < 1.29 is 4.74 Å². The van der Waals surface area contributed by atoms with Gasteiger partial charge in [-0.3, -0.25) is 0 Å². The predicted octanol–water partition coefficient (Wildman–Crippen LogP) is 5.90. The molecule has 0 amide bonds. The lowest BCUT2D eigenvalue weighted by Crippen LogP contribution is -2.01. The third kappa shape index (κ3) is 3.67. The van der Waals surface area contributed by atoms with Gasteiger partial charge in [0.15, 0.2) is 0 Å². The Balaban J connectivity index is 1.76. The zero-order valence-corrected chi connectivity index (χ0v) is 17.5. The number of nitrogens with zero attached hydrogens (tertiary/aromatic N) is 4. The maximum Gasteiger partial charge on any atom is 0.242 e. The van der Waals surface area contributed by atoms with Gasteiger partial charge in [-0.15, -0.1) is 11.3 Å². The molecular formula is C23H17N5OS. The van der Waals surface area contributed by atoms with Crippen LogP contribution in [0.15, 0.2) is 41.8 Å². The lowest BCUT2D eigenvalue weighted by molar-refractivity contribution is 0.463. The lowest BCUT2D eigenvalue weighted by atomic mass is 10.1. The standard InChI is InChI=1S/C23H17N5OS/c1-13-8-17(11-25)9-14(2)20(13)29-22-21-19(15(3)12-30-21)27-23(28-22)26-18-6-4-16(10-24)5-7-18/h4-9,12H,1-3H3,(H,26,27,28). The van der Waals surface area contributed by atoms with Gasteiger partial charge in [-0.05, 0) is 79.2 Å². The smallest absolute Gasteiger partial charge is 0.242 e. The number of hydrogen-bond acceptors (Lipinski definition) is 7. The first-order chi connectivity index (χ1) is 14.5. The molecule has 0 radical (unpaired) electrons. The summed E-state index contributed by atoms with van der Waals surface area (Å²) < 4.78 is 7.11. The number of aromatic nitrogens is 2. The molecule has 0 fully saturated rings. The van der Waals surface area contributed by atoms with E-state index in [1.165, 1.54) is 11.3 Å². The number of nitriles is 2. The summed E-state index contributed by atoms with van der Waals surface area (Å²) in [5.41, 5.74) is 5.56. The van der Waals surface area contributed by atoms with Crippen molar-refractivity contribution in [1.29, 1.82) is 10.5 Å². The van der Waals surface area contributed by atoms with Crippen LogP contribution in [-0.4, -0.2) is 9.97 Å². The van der Waals surface area contributed by atoms with Crippen LogP contribution in [0, 0.1) is 43.4 Å². The van der Waals surface area contributed by atoms with Gasteiger partial charge in [0.1, 0.15) is 10.4 Å². The molecule has 0 aliphatic carbocycles. The minimum absolute atomic E-state index is 0.410. The maximum absolute atomic E-state index is 9.18. The molecule has 1 N–H and O–H groups in total. The topological polar surface area (TPSA) is 94.6 Å². The highest BCUT2D eigenvalue weighted by molar-refractivity contribution is 7.17. The normalized spacial score (nSPS) is 10.4. The van der Waals surface area contributed by atoms with Gasteiger partial charge in [-0.25, -0.2) is 4.98 Å². The third-order valence-corrected chi connectivity index (χ3v) is 5.69. The van der Waals surface area contributed by atoms with E-state index in [0.717, 1.165) is 32.6 Å². The van der Waals surface area contributed by atoms with Gasteiger partial charge in [0, 0.05) is 5.69 Å². The SMILES string of the molecule is Cc1cc(C#N)cc(C)c1Oc1nc(Nc2ccc(C#N)cc2)nc2c(C)csc12. The van der Waals surface area contributed by atoms with Gasteiger partial charge in [-0.2, -0.15) is 15.5 Å². The van der Waals surface area contributed by atoms with Crippen molar-refractivity contribution in [2.24, 2.45) is 0 Å². The van der Waals surface area contributed by atoms with Gasteiger partial charge in [-0.1, -0.05) is 0 Å². The maximum atomic E-state index is 9.18. The second-order valence-corrected chi connectivity index (χ2v) is 7.80. The minimum atomic E-state index is 0.410. The highest BCUT2D eigenvalue weighted by atomic mass is 32.1. The summed E-state index contributed by atoms with van der Waals surface area (Å²) >= 11 is 1.53. The van der Waals surface area contributed by atoms with Crippen molar-refractivity contribution >= 4 is 33.2 Å². The van der Waals surface area contributed by atoms with Crippen molar-refractivity contribution in [3.05, 3.63) is 69.6 Å². The summed E-state index contributed by atoms with van der Waals surface area (Å²) in [5, 5.41) is 23.4. The summed E-state index contributed by atoms with van der Waals surface area (Å²) in [6.45, 7) is 5.83. The molecule has 0 aliphatic heterocycles. The Hall–Kier alpha value is -3.94. The van der Waals surface area contributed by atoms with Crippen molar-refractivity contribution in [2.45, 2.75) is 20.8 Å². The average molecular weight is 411 g/mol. The van der Waals surface area contributed by atoms with Crippen molar-refractivity contribution in [1.82, 2.24) is 9.97 Å². The van der Waals surface area contributed by atoms with E-state index in [-0.39, 0.29) is 0 Å². The van der Waals surface area contributed by atoms with Crippen LogP contribution in [0.5, 0.6) is 11.6 Å². The molecule has 0 spiro atoms. The first-order valence-electron chi connectivity index (χ1n) is 9.20. The van der Waals surface area contributed by atoms with E-state index in [9.17, 15) is 5.26 Å². The molecule has 4 rings (SSSR count). The van der Waals surface area contributed by atoms with Gasteiger partial charge < -0.3 is 10.1 Å². The van der Waals surface area contributed by atoms with Gasteiger partial charge in [0.25, 0.3) is 0 Å². The Morgan fingerprint density at radius 3 is 2.20 bits per heavy atom. The number of ether oxygens (including phenoxy) is 1. The summed E-state index contributed by atoms with van der Waals surface area (Å²) in [5.74, 6) is 1.56. The van der Waals surface area contributed by atoms with E-state index in [4.69, 9.17) is 10.00 Å². The number of rotatable bonds is 4. The van der Waals surface area contributed by atoms with E-state index in [1.807, 2.05) is 38.3 Å². The Kier molecular flexibility index (Phi) is 5.05. The van der Waals surface area contributed by atoms with E-state index in [1.54, 1.807) is 24.3 Å². The Morgan fingerprint density at radius 1 is 0.900 bits per heavy atom. The van der Waals surface area contributed by atoms with E-state index >= 15 is 0 Å². The fraction of sp³-hybridized carbons (Fsp3) is 0.130. The summed E-state index contributed by atoms with van der Waals surface area (Å²) in [7, 11) is 0. The first kappa shape index (κ1) is 19.4. The minimum Gasteiger partial charge on any atom is -0.437 e. The quantitative estimate of drug-likeness (QED) is 0.449. The van der Waals surface area contributed by atoms with Crippen LogP contribution in [0.25, 0.3) is 10.2 Å². The van der Waals surface area contributed by atoms with Crippen LogP contribution in [0.4, 0.5) is 11.6 Å². The monoisotopic (exact) mass is 411 g/mol. The van der Waals surface area contributed by atoms with E-state index in [2.05, 4.69) is 27.4 Å². The van der Waals surface area contributed by atoms with Crippen LogP contribution < -0.4 is 10.1 Å². The summed E-state index contributed by atoms with van der Waals surface area (Å²) in [6, 6.07) is 15.0. The molecule has 30 heavy (non-hydrogen) atoms. The molecule has 0 aliphatic rings. The molecule has 2 aromatic heterocycles. The largest absolute Gasteiger partial charge is 0.437 e. The Bertz CT molecular complexity index is 1320. The van der Waals surface area contributed by atoms with E-state index < -0.39 is 0 Å². The lowest BCUT2D eigenvalue weighted by Gasteiger charge is -2.13. The molecule has 7 heteroatoms. The fourth-order valence-corrected chi connectivity index (χ4v) is 4.07. The van der Waals surface area contributed by atoms with Crippen LogP contribution >= 0.6 is 11.3 Å². The molecule has 0 saturated heterocycles. The molecule has 4 aromatic rings. The number of nitrogens with one attached hydrogen (secondary N) is 1. The first-order valence-corrected chi connectivity index (χ1v) is 10.1. The molecule has 6 nitrogen and oxygen atoms in total. The zero-order valence-electron chi connectivity index (χ0n) is 16.6. The molecule has 0 atom stereocenters. The number of anilines is 2. The number of aryl methyl sites for hydroxylation is 3. The highest BCUT2D eigenvalue weighted by Crippen LogP contribution is 2.37. The number of thiophene rings is 1. The molecule has 2 aromatic carbocycles. The third-order valence-electron chi connectivity index (χ3n) is 4.62. The predicted molar refractivity (Wildman–Crippen MR) is 117 cm³/mol. The van der Waals surface area contributed by atoms with Crippen LogP contribution in [0.1, 0.15) is 27.8 Å². The molecular weight excluding hydrogens is 394 g/mol. The van der Waals surface area contributed by atoms with Crippen LogP contribution in [0.3, 0.4) is 0 Å². The van der Waals surface area contributed by atoms with Crippen LogP contribution in [-0.2, 0) is 0 Å². The number of fused-ring (bicyclic) bond motifs is 1. The van der Waals surface area contributed by atoms with Crippen molar-refractivity contribution in [3.8, 4) is 23.8 Å². The zero-order chi connectivity index (χ0) is 21.3. The second-order valence-electron chi connectivity index (χ2n) is 6.92. The molecule has 0 bridgehead atoms. The average Bonchev–Trinajstić information content (AvgIpc) is 3.12. The molecule has 0 unspecified atom stereocenters. The van der Waals surface area contributed by atoms with Crippen LogP contribution in [0.2, 0.25) is 0 Å². The number of hydrogen-bond donors (Lipinski definition) is 1.